The fourth-order valence-corrected chi connectivity index (χ4v) is 2.88. The molecule has 1 aromatic carbocycles. The monoisotopic (exact) mass is 406 g/mol. The Labute approximate surface area is 192 Å². The summed E-state index contributed by atoms with van der Waals surface area (Å²) >= 11 is 0. The van der Waals surface area contributed by atoms with Crippen LogP contribution in [-0.4, -0.2) is 52.5 Å². The SMILES string of the molecule is O=C(NCCc1ccccn1)[C@H](Cc1ccccc1)NC(=O)[C@H]1N[C@@H]1C(=O)O.[H-].[Na+]. The maximum atomic E-state index is 12.6. The molecule has 1 aliphatic heterocycles. The number of carboxylic acids is 1. The molecule has 1 saturated heterocycles. The number of hydrogen-bond donors (Lipinski definition) is 4. The summed E-state index contributed by atoms with van der Waals surface area (Å²) in [5.74, 6) is -1.89. The predicted molar refractivity (Wildman–Crippen MR) is 102 cm³/mol. The van der Waals surface area contributed by atoms with Crippen LogP contribution in [0.15, 0.2) is 54.7 Å². The van der Waals surface area contributed by atoms with E-state index in [1.165, 1.54) is 0 Å². The van der Waals surface area contributed by atoms with E-state index in [1.807, 2.05) is 48.5 Å². The first kappa shape index (κ1) is 23.0. The molecule has 1 fully saturated rings. The zero-order chi connectivity index (χ0) is 19.9. The molecular formula is C20H23N4NaO4. The number of carbonyl (C=O) groups excluding carboxylic acids is 2. The number of rotatable bonds is 9. The number of carboxylic acid groups (broad SMARTS) is 1. The molecule has 1 aliphatic rings. The molecular weight excluding hydrogens is 383 g/mol. The van der Waals surface area contributed by atoms with E-state index in [9.17, 15) is 14.4 Å². The van der Waals surface area contributed by atoms with E-state index in [2.05, 4.69) is 20.9 Å². The second kappa shape index (κ2) is 11.1. The summed E-state index contributed by atoms with van der Waals surface area (Å²) in [5, 5.41) is 17.0. The van der Waals surface area contributed by atoms with Gasteiger partial charge in [-0.25, -0.2) is 0 Å². The third-order valence-electron chi connectivity index (χ3n) is 4.45. The maximum absolute atomic E-state index is 12.6. The third-order valence-corrected chi connectivity index (χ3v) is 4.45. The van der Waals surface area contributed by atoms with Gasteiger partial charge in [0.25, 0.3) is 0 Å². The average molecular weight is 406 g/mol. The van der Waals surface area contributed by atoms with Gasteiger partial charge in [0.1, 0.15) is 18.1 Å². The molecule has 3 rings (SSSR count). The molecule has 0 saturated carbocycles. The Kier molecular flexibility index (Phi) is 8.78. The van der Waals surface area contributed by atoms with Gasteiger partial charge in [-0.15, -0.1) is 0 Å². The minimum atomic E-state index is -1.08. The van der Waals surface area contributed by atoms with E-state index in [0.717, 1.165) is 11.3 Å². The van der Waals surface area contributed by atoms with Gasteiger partial charge in [-0.1, -0.05) is 36.4 Å². The molecule has 2 heterocycles. The number of pyridine rings is 1. The molecule has 0 spiro atoms. The van der Waals surface area contributed by atoms with Crippen molar-refractivity contribution in [2.45, 2.75) is 31.0 Å². The normalized spacial score (nSPS) is 18.1. The minimum absolute atomic E-state index is 0. The van der Waals surface area contributed by atoms with E-state index >= 15 is 0 Å². The summed E-state index contributed by atoms with van der Waals surface area (Å²) in [6.45, 7) is 0.385. The van der Waals surface area contributed by atoms with Gasteiger partial charge in [0.2, 0.25) is 11.8 Å². The fraction of sp³-hybridized carbons (Fsp3) is 0.300. The summed E-state index contributed by atoms with van der Waals surface area (Å²) in [4.78, 5) is 40.1. The van der Waals surface area contributed by atoms with Crippen LogP contribution in [-0.2, 0) is 27.2 Å². The smallest absolute Gasteiger partial charge is 1.00 e. The van der Waals surface area contributed by atoms with Gasteiger partial charge in [0.05, 0.1) is 0 Å². The summed E-state index contributed by atoms with van der Waals surface area (Å²) in [6.07, 6.45) is 2.58. The summed E-state index contributed by atoms with van der Waals surface area (Å²) in [5.41, 5.74) is 1.75. The van der Waals surface area contributed by atoms with Crippen LogP contribution < -0.4 is 45.5 Å². The van der Waals surface area contributed by atoms with Crippen molar-refractivity contribution in [3.8, 4) is 0 Å². The Bertz CT molecular complexity index is 841. The molecule has 2 amide bonds. The molecule has 8 nitrogen and oxygen atoms in total. The fourth-order valence-electron chi connectivity index (χ4n) is 2.88. The predicted octanol–water partition coefficient (Wildman–Crippen LogP) is -2.99. The molecule has 0 bridgehead atoms. The van der Waals surface area contributed by atoms with Crippen LogP contribution in [0.5, 0.6) is 0 Å². The van der Waals surface area contributed by atoms with Crippen LogP contribution in [0.4, 0.5) is 0 Å². The Morgan fingerprint density at radius 2 is 1.83 bits per heavy atom. The van der Waals surface area contributed by atoms with Gasteiger partial charge in [0, 0.05) is 31.3 Å². The van der Waals surface area contributed by atoms with E-state index < -0.39 is 30.0 Å². The molecule has 3 atom stereocenters. The molecule has 0 radical (unpaired) electrons. The number of carbonyl (C=O) groups is 3. The van der Waals surface area contributed by atoms with Crippen LogP contribution in [0, 0.1) is 0 Å². The Morgan fingerprint density at radius 1 is 1.10 bits per heavy atom. The molecule has 4 N–H and O–H groups in total. The number of hydrogen-bond acceptors (Lipinski definition) is 5. The van der Waals surface area contributed by atoms with Crippen molar-refractivity contribution < 1.29 is 50.5 Å². The first-order valence-corrected chi connectivity index (χ1v) is 9.05. The van der Waals surface area contributed by atoms with Crippen LogP contribution in [0.1, 0.15) is 12.7 Å². The summed E-state index contributed by atoms with van der Waals surface area (Å²) < 4.78 is 0. The van der Waals surface area contributed by atoms with Crippen LogP contribution >= 0.6 is 0 Å². The third kappa shape index (κ3) is 6.93. The molecule has 148 valence electrons. The molecule has 0 aliphatic carbocycles. The van der Waals surface area contributed by atoms with E-state index in [4.69, 9.17) is 5.11 Å². The van der Waals surface area contributed by atoms with Crippen molar-refractivity contribution in [3.63, 3.8) is 0 Å². The number of nitrogens with zero attached hydrogens (tertiary/aromatic N) is 1. The van der Waals surface area contributed by atoms with E-state index in [0.29, 0.717) is 19.4 Å². The summed E-state index contributed by atoms with van der Waals surface area (Å²) in [7, 11) is 0. The van der Waals surface area contributed by atoms with Crippen molar-refractivity contribution in [2.75, 3.05) is 6.54 Å². The number of aromatic nitrogens is 1. The van der Waals surface area contributed by atoms with Crippen molar-refractivity contribution in [3.05, 3.63) is 66.0 Å². The van der Waals surface area contributed by atoms with E-state index in [1.54, 1.807) is 6.20 Å². The van der Waals surface area contributed by atoms with Crippen molar-refractivity contribution >= 4 is 17.8 Å². The van der Waals surface area contributed by atoms with Gasteiger partial charge >= 0.3 is 35.5 Å². The zero-order valence-corrected chi connectivity index (χ0v) is 18.2. The van der Waals surface area contributed by atoms with Crippen molar-refractivity contribution in [1.29, 1.82) is 0 Å². The second-order valence-corrected chi connectivity index (χ2v) is 6.57. The largest absolute Gasteiger partial charge is 1.00 e. The van der Waals surface area contributed by atoms with E-state index in [-0.39, 0.29) is 36.9 Å². The number of aliphatic carboxylic acids is 1. The minimum Gasteiger partial charge on any atom is -1.00 e. The Balaban J connectivity index is 0.00000225. The number of benzene rings is 1. The Morgan fingerprint density at radius 3 is 2.45 bits per heavy atom. The molecule has 29 heavy (non-hydrogen) atoms. The average Bonchev–Trinajstić information content (AvgIpc) is 3.50. The quantitative estimate of drug-likeness (QED) is 0.260. The summed E-state index contributed by atoms with van der Waals surface area (Å²) in [6, 6.07) is 12.4. The van der Waals surface area contributed by atoms with Gasteiger partial charge in [-0.2, -0.15) is 0 Å². The van der Waals surface area contributed by atoms with Gasteiger partial charge in [-0.05, 0) is 17.7 Å². The number of amides is 2. The van der Waals surface area contributed by atoms with Crippen LogP contribution in [0.25, 0.3) is 0 Å². The second-order valence-electron chi connectivity index (χ2n) is 6.57. The molecule has 0 unspecified atom stereocenters. The topological polar surface area (TPSA) is 130 Å². The molecule has 2 aromatic rings. The standard InChI is InChI=1S/C20H22N4O4.Na.H/c25-18(22-11-9-14-8-4-5-10-21-14)15(12-13-6-2-1-3-7-13)23-19(26)16-17(24-16)20(27)28;;/h1-8,10,15-17,24H,9,11-12H2,(H,22,25)(H,23,26)(H,27,28);;/q;+1;-1/t15-,16-,17-;;/m0../s1. The van der Waals surface area contributed by atoms with Crippen molar-refractivity contribution in [1.82, 2.24) is 20.9 Å². The zero-order valence-electron chi connectivity index (χ0n) is 17.2. The Hall–Kier alpha value is -2.26. The first-order valence-electron chi connectivity index (χ1n) is 9.05. The van der Waals surface area contributed by atoms with Gasteiger partial charge < -0.3 is 17.2 Å². The van der Waals surface area contributed by atoms with Crippen LogP contribution in [0.2, 0.25) is 0 Å². The molecule has 9 heteroatoms. The van der Waals surface area contributed by atoms with Gasteiger partial charge in [0.15, 0.2) is 0 Å². The number of nitrogens with one attached hydrogen (secondary N) is 3. The first-order chi connectivity index (χ1) is 13.5. The molecule has 1 aromatic heterocycles. The van der Waals surface area contributed by atoms with Crippen LogP contribution in [0.3, 0.4) is 0 Å². The van der Waals surface area contributed by atoms with Gasteiger partial charge in [-0.3, -0.25) is 24.7 Å². The van der Waals surface area contributed by atoms with Crippen molar-refractivity contribution in [2.24, 2.45) is 0 Å². The maximum Gasteiger partial charge on any atom is 1.00 e.